The Labute approximate surface area is 114 Å². The van der Waals surface area contributed by atoms with Crippen molar-refractivity contribution < 1.29 is 9.90 Å². The number of amides is 1. The number of anilines is 1. The minimum Gasteiger partial charge on any atom is -0.506 e. The molecule has 19 heavy (non-hydrogen) atoms. The quantitative estimate of drug-likeness (QED) is 0.730. The first-order chi connectivity index (χ1) is 9.07. The second-order valence-electron chi connectivity index (χ2n) is 5.43. The number of benzene rings is 1. The third-order valence-electron chi connectivity index (χ3n) is 3.85. The third kappa shape index (κ3) is 2.89. The standard InChI is InChI=1S/C15H22N2O2/c1-3-6-15(7-8-16-10-15)14(19)17-12-9-11(2)4-5-13(12)18/h4-5,9,16,18H,3,6-8,10H2,1-2H3,(H,17,19). The van der Waals surface area contributed by atoms with E-state index in [-0.39, 0.29) is 17.1 Å². The molecule has 0 aromatic heterocycles. The molecule has 2 rings (SSSR count). The Bertz CT molecular complexity index is 465. The van der Waals surface area contributed by atoms with Crippen molar-refractivity contribution in [3.8, 4) is 5.75 Å². The van der Waals surface area contributed by atoms with Gasteiger partial charge in [0, 0.05) is 6.54 Å². The van der Waals surface area contributed by atoms with E-state index in [2.05, 4.69) is 17.6 Å². The second-order valence-corrected chi connectivity index (χ2v) is 5.43. The van der Waals surface area contributed by atoms with E-state index in [9.17, 15) is 9.90 Å². The molecule has 1 heterocycles. The summed E-state index contributed by atoms with van der Waals surface area (Å²) < 4.78 is 0. The Balaban J connectivity index is 2.17. The lowest BCUT2D eigenvalue weighted by molar-refractivity contribution is -0.125. The molecule has 1 aromatic carbocycles. The largest absolute Gasteiger partial charge is 0.506 e. The van der Waals surface area contributed by atoms with Crippen molar-refractivity contribution in [1.29, 1.82) is 0 Å². The summed E-state index contributed by atoms with van der Waals surface area (Å²) >= 11 is 0. The van der Waals surface area contributed by atoms with Crippen LogP contribution < -0.4 is 10.6 Å². The van der Waals surface area contributed by atoms with Crippen molar-refractivity contribution in [3.05, 3.63) is 23.8 Å². The summed E-state index contributed by atoms with van der Waals surface area (Å²) in [6.07, 6.45) is 2.71. The minimum atomic E-state index is -0.328. The fourth-order valence-electron chi connectivity index (χ4n) is 2.75. The van der Waals surface area contributed by atoms with E-state index < -0.39 is 0 Å². The molecule has 1 fully saturated rings. The van der Waals surface area contributed by atoms with Crippen LogP contribution in [0.5, 0.6) is 5.75 Å². The normalized spacial score (nSPS) is 22.4. The van der Waals surface area contributed by atoms with Gasteiger partial charge in [0.1, 0.15) is 5.75 Å². The van der Waals surface area contributed by atoms with E-state index in [1.165, 1.54) is 0 Å². The predicted molar refractivity (Wildman–Crippen MR) is 76.3 cm³/mol. The predicted octanol–water partition coefficient (Wildman–Crippen LogP) is 2.42. The Morgan fingerprint density at radius 3 is 2.95 bits per heavy atom. The number of phenols is 1. The maximum atomic E-state index is 12.5. The Morgan fingerprint density at radius 1 is 1.53 bits per heavy atom. The number of aromatic hydroxyl groups is 1. The summed E-state index contributed by atoms with van der Waals surface area (Å²) in [6, 6.07) is 5.24. The van der Waals surface area contributed by atoms with Crippen LogP contribution in [0.15, 0.2) is 18.2 Å². The van der Waals surface area contributed by atoms with Gasteiger partial charge in [0.2, 0.25) is 5.91 Å². The monoisotopic (exact) mass is 262 g/mol. The minimum absolute atomic E-state index is 0.0141. The van der Waals surface area contributed by atoms with Crippen molar-refractivity contribution in [3.63, 3.8) is 0 Å². The van der Waals surface area contributed by atoms with Gasteiger partial charge in [-0.05, 0) is 44.0 Å². The average Bonchev–Trinajstić information content (AvgIpc) is 2.84. The van der Waals surface area contributed by atoms with Gasteiger partial charge in [0.05, 0.1) is 11.1 Å². The lowest BCUT2D eigenvalue weighted by Gasteiger charge is -2.26. The van der Waals surface area contributed by atoms with Crippen molar-refractivity contribution >= 4 is 11.6 Å². The molecule has 0 saturated carbocycles. The molecule has 4 heteroatoms. The molecule has 1 aliphatic heterocycles. The van der Waals surface area contributed by atoms with E-state index in [0.29, 0.717) is 5.69 Å². The molecule has 0 spiro atoms. The van der Waals surface area contributed by atoms with Gasteiger partial charge in [-0.3, -0.25) is 4.79 Å². The molecule has 0 radical (unpaired) electrons. The topological polar surface area (TPSA) is 61.4 Å². The zero-order chi connectivity index (χ0) is 13.9. The lowest BCUT2D eigenvalue weighted by Crippen LogP contribution is -2.38. The summed E-state index contributed by atoms with van der Waals surface area (Å²) in [7, 11) is 0. The molecule has 1 aromatic rings. The van der Waals surface area contributed by atoms with E-state index in [1.54, 1.807) is 12.1 Å². The lowest BCUT2D eigenvalue weighted by atomic mass is 9.81. The maximum absolute atomic E-state index is 12.5. The van der Waals surface area contributed by atoms with E-state index in [0.717, 1.165) is 37.9 Å². The molecule has 0 bridgehead atoms. The number of carbonyl (C=O) groups excluding carboxylic acids is 1. The van der Waals surface area contributed by atoms with Gasteiger partial charge in [-0.1, -0.05) is 19.4 Å². The molecule has 4 nitrogen and oxygen atoms in total. The Morgan fingerprint density at radius 2 is 2.32 bits per heavy atom. The molecule has 1 saturated heterocycles. The molecule has 0 aliphatic carbocycles. The van der Waals surface area contributed by atoms with Crippen molar-refractivity contribution in [1.82, 2.24) is 5.32 Å². The molecule has 1 atom stereocenters. The highest BCUT2D eigenvalue weighted by atomic mass is 16.3. The Kier molecular flexibility index (Phi) is 4.10. The number of nitrogens with one attached hydrogen (secondary N) is 2. The smallest absolute Gasteiger partial charge is 0.232 e. The zero-order valence-electron chi connectivity index (χ0n) is 11.6. The van der Waals surface area contributed by atoms with Gasteiger partial charge in [-0.25, -0.2) is 0 Å². The highest BCUT2D eigenvalue weighted by Crippen LogP contribution is 2.34. The number of phenolic OH excluding ortho intramolecular Hbond substituents is 1. The number of aryl methyl sites for hydroxylation is 1. The zero-order valence-corrected chi connectivity index (χ0v) is 11.6. The van der Waals surface area contributed by atoms with Crippen LogP contribution in [-0.4, -0.2) is 24.1 Å². The molecular formula is C15H22N2O2. The number of hydrogen-bond donors (Lipinski definition) is 3. The van der Waals surface area contributed by atoms with Gasteiger partial charge in [0.15, 0.2) is 0 Å². The van der Waals surface area contributed by atoms with Crippen LogP contribution in [0.2, 0.25) is 0 Å². The fourth-order valence-corrected chi connectivity index (χ4v) is 2.75. The van der Waals surface area contributed by atoms with Gasteiger partial charge in [-0.15, -0.1) is 0 Å². The van der Waals surface area contributed by atoms with Crippen LogP contribution in [0.1, 0.15) is 31.7 Å². The first-order valence-electron chi connectivity index (χ1n) is 6.89. The number of carbonyl (C=O) groups is 1. The van der Waals surface area contributed by atoms with Gasteiger partial charge >= 0.3 is 0 Å². The van der Waals surface area contributed by atoms with Crippen LogP contribution in [0.3, 0.4) is 0 Å². The van der Waals surface area contributed by atoms with Gasteiger partial charge in [-0.2, -0.15) is 0 Å². The van der Waals surface area contributed by atoms with Crippen LogP contribution >= 0.6 is 0 Å². The van der Waals surface area contributed by atoms with Crippen LogP contribution in [0, 0.1) is 12.3 Å². The van der Waals surface area contributed by atoms with Crippen LogP contribution in [0.25, 0.3) is 0 Å². The third-order valence-corrected chi connectivity index (χ3v) is 3.85. The van der Waals surface area contributed by atoms with Crippen molar-refractivity contribution in [2.24, 2.45) is 5.41 Å². The number of rotatable bonds is 4. The van der Waals surface area contributed by atoms with Gasteiger partial charge in [0.25, 0.3) is 0 Å². The highest BCUT2D eigenvalue weighted by Gasteiger charge is 2.40. The molecule has 104 valence electrons. The molecular weight excluding hydrogens is 240 g/mol. The van der Waals surface area contributed by atoms with E-state index in [1.807, 2.05) is 13.0 Å². The summed E-state index contributed by atoms with van der Waals surface area (Å²) in [5.74, 6) is 0.136. The van der Waals surface area contributed by atoms with E-state index in [4.69, 9.17) is 0 Å². The summed E-state index contributed by atoms with van der Waals surface area (Å²) in [5, 5.41) is 16.0. The summed E-state index contributed by atoms with van der Waals surface area (Å²) in [6.45, 7) is 5.64. The number of hydrogen-bond acceptors (Lipinski definition) is 3. The van der Waals surface area contributed by atoms with E-state index >= 15 is 0 Å². The molecule has 3 N–H and O–H groups in total. The first kappa shape index (κ1) is 13.9. The van der Waals surface area contributed by atoms with Crippen molar-refractivity contribution in [2.75, 3.05) is 18.4 Å². The van der Waals surface area contributed by atoms with Crippen LogP contribution in [0.4, 0.5) is 5.69 Å². The fraction of sp³-hybridized carbons (Fsp3) is 0.533. The maximum Gasteiger partial charge on any atom is 0.232 e. The molecule has 1 unspecified atom stereocenters. The highest BCUT2D eigenvalue weighted by molar-refractivity contribution is 5.97. The summed E-state index contributed by atoms with van der Waals surface area (Å²) in [5.41, 5.74) is 1.19. The SMILES string of the molecule is CCCC1(C(=O)Nc2cc(C)ccc2O)CCNC1. The summed E-state index contributed by atoms with van der Waals surface area (Å²) in [4.78, 5) is 12.5. The average molecular weight is 262 g/mol. The van der Waals surface area contributed by atoms with Crippen LogP contribution in [-0.2, 0) is 4.79 Å². The second kappa shape index (κ2) is 5.61. The van der Waals surface area contributed by atoms with Gasteiger partial charge < -0.3 is 15.7 Å². The molecule has 1 aliphatic rings. The Hall–Kier alpha value is -1.55. The first-order valence-corrected chi connectivity index (χ1v) is 6.89. The molecule has 1 amide bonds. The van der Waals surface area contributed by atoms with Crippen molar-refractivity contribution in [2.45, 2.75) is 33.1 Å².